The summed E-state index contributed by atoms with van der Waals surface area (Å²) in [7, 11) is 2.06. The topological polar surface area (TPSA) is 42.4 Å². The van der Waals surface area contributed by atoms with Gasteiger partial charge in [0.15, 0.2) is 0 Å². The van der Waals surface area contributed by atoms with Gasteiger partial charge in [0.1, 0.15) is 11.5 Å². The summed E-state index contributed by atoms with van der Waals surface area (Å²) in [5, 5.41) is 0. The van der Waals surface area contributed by atoms with Crippen molar-refractivity contribution in [2.75, 3.05) is 13.6 Å². The zero-order valence-corrected chi connectivity index (χ0v) is 12.9. The lowest BCUT2D eigenvalue weighted by molar-refractivity contribution is 0.221. The molecule has 0 aliphatic heterocycles. The quantitative estimate of drug-likeness (QED) is 0.916. The van der Waals surface area contributed by atoms with E-state index in [0.717, 1.165) is 22.5 Å². The summed E-state index contributed by atoms with van der Waals surface area (Å²) in [5.41, 5.74) is 7.14. The Kier molecular flexibility index (Phi) is 4.80. The fourth-order valence-corrected chi connectivity index (χ4v) is 2.76. The van der Waals surface area contributed by atoms with Gasteiger partial charge in [0.05, 0.1) is 6.54 Å². The van der Waals surface area contributed by atoms with Crippen LogP contribution < -0.4 is 5.73 Å². The third-order valence-corrected chi connectivity index (χ3v) is 3.94. The van der Waals surface area contributed by atoms with Crippen molar-refractivity contribution in [1.82, 2.24) is 4.90 Å². The van der Waals surface area contributed by atoms with Gasteiger partial charge in [-0.25, -0.2) is 0 Å². The van der Waals surface area contributed by atoms with Crippen LogP contribution in [0.2, 0.25) is 0 Å². The number of hydrogen-bond acceptors (Lipinski definition) is 3. The third-order valence-electron chi connectivity index (χ3n) is 3.22. The molecule has 2 N–H and O–H groups in total. The molecule has 4 heteroatoms. The summed E-state index contributed by atoms with van der Waals surface area (Å²) in [5.74, 6) is 1.90. The molecule has 1 unspecified atom stereocenters. The Morgan fingerprint density at radius 3 is 2.58 bits per heavy atom. The average Bonchev–Trinajstić information content (AvgIpc) is 2.78. The summed E-state index contributed by atoms with van der Waals surface area (Å²) in [6.07, 6.45) is 0. The van der Waals surface area contributed by atoms with Gasteiger partial charge in [-0.15, -0.1) is 0 Å². The van der Waals surface area contributed by atoms with Crippen LogP contribution in [0.25, 0.3) is 0 Å². The van der Waals surface area contributed by atoms with E-state index in [-0.39, 0.29) is 6.04 Å². The van der Waals surface area contributed by atoms with E-state index in [2.05, 4.69) is 33.9 Å². The van der Waals surface area contributed by atoms with Crippen LogP contribution in [0.15, 0.2) is 45.3 Å². The number of halogens is 1. The lowest BCUT2D eigenvalue weighted by Crippen LogP contribution is -2.30. The maximum absolute atomic E-state index is 5.94. The molecule has 0 aliphatic rings. The smallest absolute Gasteiger partial charge is 0.118 e. The normalized spacial score (nSPS) is 12.9. The highest BCUT2D eigenvalue weighted by Crippen LogP contribution is 2.27. The van der Waals surface area contributed by atoms with E-state index in [4.69, 9.17) is 10.2 Å². The number of rotatable bonds is 5. The van der Waals surface area contributed by atoms with Crippen LogP contribution >= 0.6 is 15.9 Å². The summed E-state index contributed by atoms with van der Waals surface area (Å²) in [6.45, 7) is 3.27. The molecule has 102 valence electrons. The molecule has 1 atom stereocenters. The highest BCUT2D eigenvalue weighted by atomic mass is 79.9. The molecule has 2 aromatic rings. The third kappa shape index (κ3) is 3.47. The molecule has 0 saturated carbocycles. The van der Waals surface area contributed by atoms with Gasteiger partial charge in [-0.1, -0.05) is 34.1 Å². The van der Waals surface area contributed by atoms with Gasteiger partial charge in [-0.05, 0) is 37.7 Å². The first-order valence-corrected chi connectivity index (χ1v) is 7.11. The van der Waals surface area contributed by atoms with Gasteiger partial charge in [0, 0.05) is 17.1 Å². The van der Waals surface area contributed by atoms with Crippen LogP contribution in [-0.2, 0) is 6.54 Å². The largest absolute Gasteiger partial charge is 0.465 e. The number of benzene rings is 1. The Bertz CT molecular complexity index is 538. The molecular weight excluding hydrogens is 304 g/mol. The first-order valence-electron chi connectivity index (χ1n) is 6.32. The fourth-order valence-electron chi connectivity index (χ4n) is 2.22. The summed E-state index contributed by atoms with van der Waals surface area (Å²) < 4.78 is 6.71. The molecule has 1 aromatic carbocycles. The van der Waals surface area contributed by atoms with Crippen molar-refractivity contribution in [3.63, 3.8) is 0 Å². The van der Waals surface area contributed by atoms with Gasteiger partial charge in [-0.3, -0.25) is 4.90 Å². The molecule has 0 aliphatic carbocycles. The molecular formula is C15H19BrN2O. The van der Waals surface area contributed by atoms with Gasteiger partial charge in [0.2, 0.25) is 0 Å². The maximum Gasteiger partial charge on any atom is 0.118 e. The molecule has 3 nitrogen and oxygen atoms in total. The van der Waals surface area contributed by atoms with Crippen molar-refractivity contribution in [2.45, 2.75) is 19.5 Å². The van der Waals surface area contributed by atoms with E-state index >= 15 is 0 Å². The second-order valence-electron chi connectivity index (χ2n) is 4.70. The molecule has 0 fully saturated rings. The molecule has 19 heavy (non-hydrogen) atoms. The first-order chi connectivity index (χ1) is 9.11. The number of hydrogen-bond donors (Lipinski definition) is 1. The van der Waals surface area contributed by atoms with E-state index in [1.165, 1.54) is 5.56 Å². The number of aryl methyl sites for hydroxylation is 1. The van der Waals surface area contributed by atoms with E-state index in [1.807, 2.05) is 37.3 Å². The molecule has 0 spiro atoms. The van der Waals surface area contributed by atoms with Crippen molar-refractivity contribution in [3.8, 4) is 0 Å². The van der Waals surface area contributed by atoms with E-state index in [9.17, 15) is 0 Å². The van der Waals surface area contributed by atoms with Crippen LogP contribution in [0, 0.1) is 6.92 Å². The Balaban J connectivity index is 2.15. The summed E-state index contributed by atoms with van der Waals surface area (Å²) >= 11 is 3.59. The van der Waals surface area contributed by atoms with Crippen LogP contribution in [0.3, 0.4) is 0 Å². The number of likely N-dealkylation sites (N-methyl/N-ethyl adjacent to an activating group) is 1. The van der Waals surface area contributed by atoms with Crippen LogP contribution in [-0.4, -0.2) is 18.5 Å². The molecule has 0 amide bonds. The Morgan fingerprint density at radius 2 is 2.00 bits per heavy atom. The zero-order chi connectivity index (χ0) is 13.8. The highest BCUT2D eigenvalue weighted by Gasteiger charge is 2.18. The van der Waals surface area contributed by atoms with Gasteiger partial charge < -0.3 is 10.2 Å². The lowest BCUT2D eigenvalue weighted by atomic mass is 10.1. The minimum Gasteiger partial charge on any atom is -0.465 e. The highest BCUT2D eigenvalue weighted by molar-refractivity contribution is 9.10. The van der Waals surface area contributed by atoms with Gasteiger partial charge >= 0.3 is 0 Å². The SMILES string of the molecule is Cc1ccc(CN(C)C(CN)c2ccccc2Br)o1. The van der Waals surface area contributed by atoms with E-state index < -0.39 is 0 Å². The van der Waals surface area contributed by atoms with Crippen molar-refractivity contribution in [1.29, 1.82) is 0 Å². The summed E-state index contributed by atoms with van der Waals surface area (Å²) in [4.78, 5) is 2.21. The van der Waals surface area contributed by atoms with Gasteiger partial charge in [-0.2, -0.15) is 0 Å². The number of nitrogens with two attached hydrogens (primary N) is 1. The minimum absolute atomic E-state index is 0.168. The second-order valence-corrected chi connectivity index (χ2v) is 5.55. The molecule has 1 heterocycles. The fraction of sp³-hybridized carbons (Fsp3) is 0.333. The Hall–Kier alpha value is -1.10. The number of furan rings is 1. The molecule has 0 bridgehead atoms. The van der Waals surface area contributed by atoms with Gasteiger partial charge in [0.25, 0.3) is 0 Å². The molecule has 2 rings (SSSR count). The van der Waals surface area contributed by atoms with Crippen LogP contribution in [0.1, 0.15) is 23.1 Å². The van der Waals surface area contributed by atoms with Crippen molar-refractivity contribution >= 4 is 15.9 Å². The van der Waals surface area contributed by atoms with Crippen LogP contribution in [0.5, 0.6) is 0 Å². The average molecular weight is 323 g/mol. The van der Waals surface area contributed by atoms with E-state index in [0.29, 0.717) is 6.54 Å². The Morgan fingerprint density at radius 1 is 1.26 bits per heavy atom. The monoisotopic (exact) mass is 322 g/mol. The standard InChI is InChI=1S/C15H19BrN2O/c1-11-7-8-12(19-11)10-18(2)15(9-17)13-5-3-4-6-14(13)16/h3-8,15H,9-10,17H2,1-2H3. The molecule has 0 saturated heterocycles. The first kappa shape index (κ1) is 14.3. The zero-order valence-electron chi connectivity index (χ0n) is 11.3. The van der Waals surface area contributed by atoms with Crippen LogP contribution in [0.4, 0.5) is 0 Å². The Labute approximate surface area is 122 Å². The molecule has 1 aromatic heterocycles. The van der Waals surface area contributed by atoms with Crippen molar-refractivity contribution < 1.29 is 4.42 Å². The molecule has 0 radical (unpaired) electrons. The predicted molar refractivity (Wildman–Crippen MR) is 80.8 cm³/mol. The predicted octanol–water partition coefficient (Wildman–Crippen LogP) is 3.48. The van der Waals surface area contributed by atoms with E-state index in [1.54, 1.807) is 0 Å². The summed E-state index contributed by atoms with van der Waals surface area (Å²) in [6, 6.07) is 12.4. The lowest BCUT2D eigenvalue weighted by Gasteiger charge is -2.27. The number of nitrogens with zero attached hydrogens (tertiary/aromatic N) is 1. The maximum atomic E-state index is 5.94. The van der Waals surface area contributed by atoms with Crippen molar-refractivity contribution in [3.05, 3.63) is 58.0 Å². The second kappa shape index (κ2) is 6.37. The van der Waals surface area contributed by atoms with Crippen molar-refractivity contribution in [2.24, 2.45) is 5.73 Å². The minimum atomic E-state index is 0.168.